The molecule has 1 saturated carbocycles. The average Bonchev–Trinajstić information content (AvgIpc) is 2.88. The van der Waals surface area contributed by atoms with Crippen LogP contribution in [0.4, 0.5) is 0 Å². The van der Waals surface area contributed by atoms with Gasteiger partial charge in [-0.25, -0.2) is 4.31 Å². The minimum absolute atomic E-state index is 0.879. The summed E-state index contributed by atoms with van der Waals surface area (Å²) in [6, 6.07) is 1.78. The number of rotatable bonds is 2. The Morgan fingerprint density at radius 2 is 1.81 bits per heavy atom. The third-order valence-corrected chi connectivity index (χ3v) is 5.61. The molecule has 0 aromatic heterocycles. The molecular formula is C12H23N3S. The molecule has 0 aromatic rings. The second-order valence-electron chi connectivity index (χ2n) is 5.57. The molecule has 0 aromatic carbocycles. The van der Waals surface area contributed by atoms with Crippen molar-refractivity contribution in [2.24, 2.45) is 5.92 Å². The normalized spacial score (nSPS) is 42.0. The second-order valence-corrected chi connectivity index (χ2v) is 6.41. The summed E-state index contributed by atoms with van der Waals surface area (Å²) >= 11 is 1.95. The molecule has 0 spiro atoms. The molecule has 3 fully saturated rings. The Morgan fingerprint density at radius 3 is 2.38 bits per heavy atom. The summed E-state index contributed by atoms with van der Waals surface area (Å²) < 4.78 is 2.61. The molecule has 3 rings (SSSR count). The summed E-state index contributed by atoms with van der Waals surface area (Å²) in [5.74, 6) is 0.959. The van der Waals surface area contributed by atoms with Crippen molar-refractivity contribution >= 4 is 11.9 Å². The van der Waals surface area contributed by atoms with Crippen LogP contribution in [-0.4, -0.2) is 72.2 Å². The molecule has 16 heavy (non-hydrogen) atoms. The van der Waals surface area contributed by atoms with E-state index < -0.39 is 0 Å². The van der Waals surface area contributed by atoms with Crippen LogP contribution in [0.5, 0.6) is 0 Å². The van der Waals surface area contributed by atoms with Crippen molar-refractivity contribution in [3.05, 3.63) is 0 Å². The van der Waals surface area contributed by atoms with Crippen LogP contribution >= 0.6 is 11.9 Å². The van der Waals surface area contributed by atoms with E-state index in [1.165, 1.54) is 45.6 Å². The first-order valence-corrected chi connectivity index (χ1v) is 7.69. The Kier molecular flexibility index (Phi) is 3.17. The molecule has 3 nitrogen and oxygen atoms in total. The molecule has 0 radical (unpaired) electrons. The number of nitrogens with zero attached hydrogens (tertiary/aromatic N) is 3. The molecule has 2 saturated heterocycles. The van der Waals surface area contributed by atoms with Gasteiger partial charge in [-0.15, -0.1) is 0 Å². The summed E-state index contributed by atoms with van der Waals surface area (Å²) in [7, 11) is 2.24. The van der Waals surface area contributed by atoms with Crippen molar-refractivity contribution in [3.63, 3.8) is 0 Å². The van der Waals surface area contributed by atoms with E-state index in [1.54, 1.807) is 0 Å². The first-order valence-electron chi connectivity index (χ1n) is 6.51. The number of hydrogen-bond acceptors (Lipinski definition) is 4. The molecule has 2 aliphatic heterocycles. The molecule has 2 bridgehead atoms. The Morgan fingerprint density at radius 1 is 1.06 bits per heavy atom. The maximum Gasteiger partial charge on any atom is 0.0221 e. The van der Waals surface area contributed by atoms with Gasteiger partial charge in [-0.3, -0.25) is 4.90 Å². The van der Waals surface area contributed by atoms with Crippen LogP contribution in [0.1, 0.15) is 12.8 Å². The highest BCUT2D eigenvalue weighted by atomic mass is 32.2. The largest absolute Gasteiger partial charge is 0.304 e. The Bertz CT molecular complexity index is 253. The zero-order valence-electron chi connectivity index (χ0n) is 10.4. The van der Waals surface area contributed by atoms with Gasteiger partial charge in [0.15, 0.2) is 0 Å². The van der Waals surface area contributed by atoms with Crippen LogP contribution in [0.3, 0.4) is 0 Å². The van der Waals surface area contributed by atoms with E-state index in [0.717, 1.165) is 18.0 Å². The van der Waals surface area contributed by atoms with E-state index >= 15 is 0 Å². The average molecular weight is 241 g/mol. The van der Waals surface area contributed by atoms with Gasteiger partial charge in [0.1, 0.15) is 0 Å². The molecule has 0 amide bonds. The van der Waals surface area contributed by atoms with Gasteiger partial charge in [0, 0.05) is 44.8 Å². The van der Waals surface area contributed by atoms with Gasteiger partial charge < -0.3 is 4.90 Å². The van der Waals surface area contributed by atoms with Gasteiger partial charge in [-0.2, -0.15) is 0 Å². The molecule has 1 aliphatic carbocycles. The fraction of sp³-hybridized carbons (Fsp3) is 1.00. The zero-order chi connectivity index (χ0) is 11.1. The minimum atomic E-state index is 0.879. The molecular weight excluding hydrogens is 218 g/mol. The van der Waals surface area contributed by atoms with Crippen molar-refractivity contribution in [1.29, 1.82) is 0 Å². The Labute approximate surface area is 103 Å². The van der Waals surface area contributed by atoms with Crippen molar-refractivity contribution in [1.82, 2.24) is 14.1 Å². The summed E-state index contributed by atoms with van der Waals surface area (Å²) in [5.41, 5.74) is 0. The van der Waals surface area contributed by atoms with E-state index in [2.05, 4.69) is 27.4 Å². The smallest absolute Gasteiger partial charge is 0.0221 e. The molecule has 0 N–H and O–H groups in total. The van der Waals surface area contributed by atoms with Crippen LogP contribution in [0, 0.1) is 5.92 Å². The molecule has 92 valence electrons. The van der Waals surface area contributed by atoms with Crippen molar-refractivity contribution in [3.8, 4) is 0 Å². The molecule has 2 heterocycles. The van der Waals surface area contributed by atoms with Gasteiger partial charge in [-0.05, 0) is 32.1 Å². The van der Waals surface area contributed by atoms with Crippen molar-refractivity contribution < 1.29 is 0 Å². The van der Waals surface area contributed by atoms with E-state index in [9.17, 15) is 0 Å². The van der Waals surface area contributed by atoms with E-state index in [0.29, 0.717) is 0 Å². The quantitative estimate of drug-likeness (QED) is 0.666. The number of likely N-dealkylation sites (N-methyl/N-ethyl adjacent to an activating group) is 1. The highest BCUT2D eigenvalue weighted by molar-refractivity contribution is 7.96. The van der Waals surface area contributed by atoms with E-state index in [-0.39, 0.29) is 0 Å². The Hall–Kier alpha value is 0.230. The predicted octanol–water partition coefficient (Wildman–Crippen LogP) is 0.975. The lowest BCUT2D eigenvalue weighted by atomic mass is 10.0. The van der Waals surface area contributed by atoms with Gasteiger partial charge in [0.05, 0.1) is 0 Å². The van der Waals surface area contributed by atoms with Crippen LogP contribution in [-0.2, 0) is 0 Å². The van der Waals surface area contributed by atoms with Gasteiger partial charge >= 0.3 is 0 Å². The third kappa shape index (κ3) is 1.90. The van der Waals surface area contributed by atoms with Gasteiger partial charge in [0.2, 0.25) is 0 Å². The standard InChI is InChI=1S/C12H23N3S/c1-13-3-5-14(6-4-13)12-8-11-7-10(12)9-15(11)16-2/h10-12H,3-9H2,1-2H3. The van der Waals surface area contributed by atoms with Crippen molar-refractivity contribution in [2.45, 2.75) is 24.9 Å². The molecule has 4 heteroatoms. The highest BCUT2D eigenvalue weighted by Gasteiger charge is 2.46. The number of piperazine rings is 1. The minimum Gasteiger partial charge on any atom is -0.304 e. The lowest BCUT2D eigenvalue weighted by molar-refractivity contribution is 0.0780. The lowest BCUT2D eigenvalue weighted by Crippen LogP contribution is -2.52. The maximum absolute atomic E-state index is 2.77. The van der Waals surface area contributed by atoms with Crippen LogP contribution < -0.4 is 0 Å². The SMILES string of the molecule is CSN1CC2CC1CC2N1CCN(C)CC1. The highest BCUT2D eigenvalue weighted by Crippen LogP contribution is 2.42. The molecule has 3 aliphatic rings. The van der Waals surface area contributed by atoms with Crippen LogP contribution in [0.15, 0.2) is 0 Å². The second kappa shape index (κ2) is 4.48. The zero-order valence-corrected chi connectivity index (χ0v) is 11.2. The summed E-state index contributed by atoms with van der Waals surface area (Å²) in [5, 5.41) is 0. The summed E-state index contributed by atoms with van der Waals surface area (Å²) in [6.45, 7) is 6.45. The molecule has 3 unspecified atom stereocenters. The van der Waals surface area contributed by atoms with Gasteiger partial charge in [-0.1, -0.05) is 11.9 Å². The number of piperidine rings is 1. The maximum atomic E-state index is 2.77. The van der Waals surface area contributed by atoms with Crippen LogP contribution in [0.2, 0.25) is 0 Å². The summed E-state index contributed by atoms with van der Waals surface area (Å²) in [6.07, 6.45) is 5.11. The molecule has 3 atom stereocenters. The number of fused-ring (bicyclic) bond motifs is 2. The van der Waals surface area contributed by atoms with E-state index in [4.69, 9.17) is 0 Å². The third-order valence-electron chi connectivity index (χ3n) is 4.70. The number of hydrogen-bond donors (Lipinski definition) is 0. The summed E-state index contributed by atoms with van der Waals surface area (Å²) in [4.78, 5) is 5.22. The Balaban J connectivity index is 1.58. The predicted molar refractivity (Wildman–Crippen MR) is 69.6 cm³/mol. The fourth-order valence-corrected chi connectivity index (χ4v) is 4.52. The fourth-order valence-electron chi connectivity index (χ4n) is 3.71. The van der Waals surface area contributed by atoms with E-state index in [1.807, 2.05) is 11.9 Å². The first kappa shape index (κ1) is 11.3. The lowest BCUT2D eigenvalue weighted by Gasteiger charge is -2.41. The van der Waals surface area contributed by atoms with Gasteiger partial charge in [0.25, 0.3) is 0 Å². The topological polar surface area (TPSA) is 9.72 Å². The van der Waals surface area contributed by atoms with Crippen LogP contribution in [0.25, 0.3) is 0 Å². The first-order chi connectivity index (χ1) is 7.78. The monoisotopic (exact) mass is 241 g/mol. The van der Waals surface area contributed by atoms with Crippen molar-refractivity contribution in [2.75, 3.05) is 46.0 Å².